The van der Waals surface area contributed by atoms with Crippen LogP contribution in [0.25, 0.3) is 0 Å². The highest BCUT2D eigenvalue weighted by molar-refractivity contribution is 6.03. The third kappa shape index (κ3) is 5.26. The van der Waals surface area contributed by atoms with Gasteiger partial charge < -0.3 is 33.8 Å². The van der Waals surface area contributed by atoms with Gasteiger partial charge in [-0.05, 0) is 69.0 Å². The first-order valence-corrected chi connectivity index (χ1v) is 12.0. The summed E-state index contributed by atoms with van der Waals surface area (Å²) in [5.41, 5.74) is 3.96. The van der Waals surface area contributed by atoms with Gasteiger partial charge in [0.15, 0.2) is 11.4 Å². The second-order valence-electron chi connectivity index (χ2n) is 9.82. The monoisotopic (exact) mass is 511 g/mol. The number of fused-ring (bicyclic) bond motifs is 1. The number of nitrogens with zero attached hydrogens (tertiary/aromatic N) is 2. The molecule has 10 heteroatoms. The average molecular weight is 512 g/mol. The van der Waals surface area contributed by atoms with Gasteiger partial charge >= 0.3 is 6.01 Å². The van der Waals surface area contributed by atoms with Crippen LogP contribution in [0.1, 0.15) is 66.3 Å². The largest absolute Gasteiger partial charge is 0.479 e. The minimum Gasteiger partial charge on any atom is -0.479 e. The van der Waals surface area contributed by atoms with Crippen LogP contribution in [0.3, 0.4) is 0 Å². The molecule has 0 atom stereocenters. The van der Waals surface area contributed by atoms with Crippen LogP contribution >= 0.6 is 0 Å². The number of nitrogens with one attached hydrogen (secondary N) is 1. The Balaban J connectivity index is 1.55. The SMILES string of the molecule is COc1nc(OCCO)nc(OC)c1NC(=O)c1ccc(Cc2cc3c(cc2C)C(C)(C)OC3(C)C)o1. The number of hydrogen-bond donors (Lipinski definition) is 2. The second kappa shape index (κ2) is 10.0. The summed E-state index contributed by atoms with van der Waals surface area (Å²) in [4.78, 5) is 21.2. The third-order valence-corrected chi connectivity index (χ3v) is 6.30. The van der Waals surface area contributed by atoms with E-state index in [1.807, 2.05) is 0 Å². The van der Waals surface area contributed by atoms with E-state index in [2.05, 4.69) is 62.0 Å². The summed E-state index contributed by atoms with van der Waals surface area (Å²) in [6.07, 6.45) is 0.523. The molecule has 2 aromatic heterocycles. The van der Waals surface area contributed by atoms with Gasteiger partial charge in [0.2, 0.25) is 11.8 Å². The van der Waals surface area contributed by atoms with Gasteiger partial charge in [0.1, 0.15) is 12.4 Å². The van der Waals surface area contributed by atoms with Crippen LogP contribution in [0.2, 0.25) is 0 Å². The van der Waals surface area contributed by atoms with Gasteiger partial charge in [0.05, 0.1) is 32.0 Å². The Kier molecular flexibility index (Phi) is 7.16. The van der Waals surface area contributed by atoms with Crippen LogP contribution in [-0.2, 0) is 22.4 Å². The van der Waals surface area contributed by atoms with Gasteiger partial charge in [-0.2, -0.15) is 9.97 Å². The van der Waals surface area contributed by atoms with Crippen molar-refractivity contribution in [2.24, 2.45) is 0 Å². The van der Waals surface area contributed by atoms with Gasteiger partial charge in [0.25, 0.3) is 5.91 Å². The Bertz CT molecular complexity index is 1290. The van der Waals surface area contributed by atoms with E-state index < -0.39 is 11.5 Å². The molecule has 2 N–H and O–H groups in total. The molecule has 1 aliphatic rings. The van der Waals surface area contributed by atoms with E-state index in [1.54, 1.807) is 12.1 Å². The van der Waals surface area contributed by atoms with Gasteiger partial charge in [-0.1, -0.05) is 12.1 Å². The molecule has 0 saturated heterocycles. The summed E-state index contributed by atoms with van der Waals surface area (Å²) >= 11 is 0. The number of benzene rings is 1. The number of furan rings is 1. The third-order valence-electron chi connectivity index (χ3n) is 6.30. The molecule has 10 nitrogen and oxygen atoms in total. The van der Waals surface area contributed by atoms with Crippen LogP contribution in [0.5, 0.6) is 17.8 Å². The first kappa shape index (κ1) is 26.4. The highest BCUT2D eigenvalue weighted by Crippen LogP contribution is 2.47. The van der Waals surface area contributed by atoms with Crippen molar-refractivity contribution in [3.63, 3.8) is 0 Å². The van der Waals surface area contributed by atoms with E-state index in [0.717, 1.165) is 16.7 Å². The van der Waals surface area contributed by atoms with Gasteiger partial charge in [-0.25, -0.2) is 0 Å². The average Bonchev–Trinajstić information content (AvgIpc) is 3.38. The summed E-state index contributed by atoms with van der Waals surface area (Å²) in [5.74, 6) is 0.329. The number of aliphatic hydroxyl groups is 1. The molecule has 3 heterocycles. The molecule has 1 aromatic carbocycles. The number of methoxy groups -OCH3 is 2. The molecule has 0 aliphatic carbocycles. The molecule has 1 aliphatic heterocycles. The van der Waals surface area contributed by atoms with E-state index in [-0.39, 0.29) is 48.0 Å². The Morgan fingerprint density at radius 2 is 1.65 bits per heavy atom. The number of anilines is 1. The quantitative estimate of drug-likeness (QED) is 0.436. The summed E-state index contributed by atoms with van der Waals surface area (Å²) in [6, 6.07) is 7.70. The normalized spacial score (nSPS) is 15.2. The van der Waals surface area contributed by atoms with E-state index in [0.29, 0.717) is 12.2 Å². The van der Waals surface area contributed by atoms with Crippen molar-refractivity contribution in [2.45, 2.75) is 52.2 Å². The van der Waals surface area contributed by atoms with Crippen LogP contribution < -0.4 is 19.5 Å². The van der Waals surface area contributed by atoms with Crippen molar-refractivity contribution in [3.8, 4) is 17.8 Å². The molecule has 3 aromatic rings. The highest BCUT2D eigenvalue weighted by atomic mass is 16.5. The van der Waals surface area contributed by atoms with E-state index in [1.165, 1.54) is 19.8 Å². The fraction of sp³-hybridized carbons (Fsp3) is 0.444. The van der Waals surface area contributed by atoms with Crippen LogP contribution in [0, 0.1) is 6.92 Å². The van der Waals surface area contributed by atoms with Gasteiger partial charge in [-0.3, -0.25) is 4.79 Å². The molecule has 0 unspecified atom stereocenters. The lowest BCUT2D eigenvalue weighted by Crippen LogP contribution is -2.22. The molecule has 0 fully saturated rings. The zero-order valence-electron chi connectivity index (χ0n) is 22.2. The number of ether oxygens (including phenoxy) is 4. The van der Waals surface area contributed by atoms with Crippen molar-refractivity contribution in [2.75, 3.05) is 32.8 Å². The number of aliphatic hydroxyl groups excluding tert-OH is 1. The lowest BCUT2D eigenvalue weighted by Gasteiger charge is -2.24. The fourth-order valence-electron chi connectivity index (χ4n) is 4.65. The smallest absolute Gasteiger partial charge is 0.323 e. The van der Waals surface area contributed by atoms with E-state index in [9.17, 15) is 4.79 Å². The minimum atomic E-state index is -0.516. The first-order chi connectivity index (χ1) is 17.5. The fourth-order valence-corrected chi connectivity index (χ4v) is 4.65. The number of aryl methyl sites for hydroxylation is 1. The predicted octanol–water partition coefficient (Wildman–Crippen LogP) is 4.11. The zero-order valence-corrected chi connectivity index (χ0v) is 22.2. The van der Waals surface area contributed by atoms with E-state index >= 15 is 0 Å². The van der Waals surface area contributed by atoms with Crippen LogP contribution in [0.15, 0.2) is 28.7 Å². The Hall–Kier alpha value is -3.63. The molecule has 0 radical (unpaired) electrons. The Labute approximate surface area is 215 Å². The standard InChI is InChI=1S/C27H33N3O7/c1-15-12-18-19(27(4,5)37-26(18,2)3)14-16(15)13-17-8-9-20(36-17)22(32)28-21-23(33-6)29-25(35-11-10-31)30-24(21)34-7/h8-9,12,14,31H,10-11,13H2,1-7H3,(H,28,32). The lowest BCUT2D eigenvalue weighted by molar-refractivity contribution is -0.105. The lowest BCUT2D eigenvalue weighted by atomic mass is 9.86. The second-order valence-corrected chi connectivity index (χ2v) is 9.82. The van der Waals surface area contributed by atoms with E-state index in [4.69, 9.17) is 28.5 Å². The van der Waals surface area contributed by atoms with Crippen molar-refractivity contribution in [1.29, 1.82) is 0 Å². The molecule has 37 heavy (non-hydrogen) atoms. The van der Waals surface area contributed by atoms with Crippen molar-refractivity contribution in [1.82, 2.24) is 9.97 Å². The number of rotatable bonds is 9. The Morgan fingerprint density at radius 3 is 2.24 bits per heavy atom. The maximum atomic E-state index is 13.0. The Morgan fingerprint density at radius 1 is 1.03 bits per heavy atom. The minimum absolute atomic E-state index is 0.000831. The maximum Gasteiger partial charge on any atom is 0.323 e. The zero-order chi connectivity index (χ0) is 27.0. The number of carbonyl (C=O) groups is 1. The van der Waals surface area contributed by atoms with Gasteiger partial charge in [-0.15, -0.1) is 0 Å². The van der Waals surface area contributed by atoms with Crippen molar-refractivity contribution in [3.05, 3.63) is 58.0 Å². The molecule has 0 spiro atoms. The summed E-state index contributed by atoms with van der Waals surface area (Å²) < 4.78 is 28.0. The topological polar surface area (TPSA) is 125 Å². The number of amides is 1. The van der Waals surface area contributed by atoms with Crippen molar-refractivity contribution >= 4 is 11.6 Å². The predicted molar refractivity (Wildman–Crippen MR) is 135 cm³/mol. The number of hydrogen-bond acceptors (Lipinski definition) is 9. The molecular formula is C27H33N3O7. The molecular weight excluding hydrogens is 478 g/mol. The highest BCUT2D eigenvalue weighted by Gasteiger charge is 2.43. The van der Waals surface area contributed by atoms with Crippen molar-refractivity contribution < 1.29 is 33.3 Å². The van der Waals surface area contributed by atoms with Crippen LogP contribution in [-0.4, -0.2) is 48.4 Å². The molecule has 1 amide bonds. The molecule has 198 valence electrons. The summed E-state index contributed by atoms with van der Waals surface area (Å²) in [6.45, 7) is 10.2. The molecule has 0 bridgehead atoms. The maximum absolute atomic E-state index is 13.0. The number of aromatic nitrogens is 2. The summed E-state index contributed by atoms with van der Waals surface area (Å²) in [7, 11) is 2.79. The van der Waals surface area contributed by atoms with Crippen LogP contribution in [0.4, 0.5) is 5.69 Å². The summed E-state index contributed by atoms with van der Waals surface area (Å²) in [5, 5.41) is 11.7. The first-order valence-electron chi connectivity index (χ1n) is 12.0. The molecule has 0 saturated carbocycles. The molecule has 4 rings (SSSR count). The van der Waals surface area contributed by atoms with Gasteiger partial charge in [0, 0.05) is 6.42 Å². The number of carbonyl (C=O) groups excluding carboxylic acids is 1.